The van der Waals surface area contributed by atoms with Crippen LogP contribution in [0.1, 0.15) is 43.4 Å². The minimum Gasteiger partial charge on any atom is -0.345 e. The second-order valence-electron chi connectivity index (χ2n) is 8.46. The molecule has 4 aromatic rings. The number of hydrogen-bond donors (Lipinski definition) is 1. The van der Waals surface area contributed by atoms with Crippen molar-refractivity contribution in [1.82, 2.24) is 20.2 Å². The zero-order chi connectivity index (χ0) is 25.5. The molecule has 2 aromatic carbocycles. The Labute approximate surface area is 211 Å². The Morgan fingerprint density at radius 2 is 1.75 bits per heavy atom. The Hall–Kier alpha value is -3.56. The molecule has 0 bridgehead atoms. The first kappa shape index (κ1) is 25.5. The molecule has 2 heterocycles. The zero-order valence-electron chi connectivity index (χ0n) is 19.6. The average molecular weight is 511 g/mol. The molecule has 5 nitrogen and oxygen atoms in total. The number of alkyl halides is 3. The lowest BCUT2D eigenvalue weighted by atomic mass is 10.1. The van der Waals surface area contributed by atoms with Crippen LogP contribution in [0.15, 0.2) is 78.3 Å². The predicted molar refractivity (Wildman–Crippen MR) is 133 cm³/mol. The third-order valence-electron chi connectivity index (χ3n) is 5.49. The maximum Gasteiger partial charge on any atom is 0.416 e. The van der Waals surface area contributed by atoms with Crippen molar-refractivity contribution < 1.29 is 18.0 Å². The molecule has 186 valence electrons. The molecular formula is C27H25F3N4OS. The molecule has 0 aliphatic carbocycles. The van der Waals surface area contributed by atoms with Crippen LogP contribution in [0.4, 0.5) is 13.2 Å². The molecule has 1 N–H and O–H groups in total. The molecule has 0 fully saturated rings. The summed E-state index contributed by atoms with van der Waals surface area (Å²) in [6.07, 6.45) is -2.74. The van der Waals surface area contributed by atoms with Crippen LogP contribution in [-0.2, 0) is 32.4 Å². The highest BCUT2D eigenvalue weighted by Gasteiger charge is 2.30. The average Bonchev–Trinajstić information content (AvgIpc) is 3.33. The first-order chi connectivity index (χ1) is 17.3. The number of aryl methyl sites for hydroxylation is 1. The third kappa shape index (κ3) is 7.22. The molecule has 36 heavy (non-hydrogen) atoms. The number of amides is 1. The van der Waals surface area contributed by atoms with Crippen LogP contribution < -0.4 is 5.32 Å². The number of pyridine rings is 1. The molecule has 0 atom stereocenters. The quantitative estimate of drug-likeness (QED) is 0.300. The number of nitrogens with one attached hydrogen (secondary N) is 1. The molecule has 0 saturated heterocycles. The summed E-state index contributed by atoms with van der Waals surface area (Å²) in [5.74, 6) is -0.300. The predicted octanol–water partition coefficient (Wildman–Crippen LogP) is 6.00. The minimum absolute atomic E-state index is 0.293. The van der Waals surface area contributed by atoms with Gasteiger partial charge in [0, 0.05) is 24.7 Å². The van der Waals surface area contributed by atoms with E-state index in [1.54, 1.807) is 23.7 Å². The van der Waals surface area contributed by atoms with Gasteiger partial charge >= 0.3 is 6.18 Å². The van der Waals surface area contributed by atoms with Gasteiger partial charge in [0.2, 0.25) is 0 Å². The van der Waals surface area contributed by atoms with Crippen LogP contribution in [0.25, 0.3) is 0 Å². The van der Waals surface area contributed by atoms with E-state index in [1.807, 2.05) is 48.2 Å². The van der Waals surface area contributed by atoms with E-state index in [2.05, 4.69) is 15.3 Å². The molecule has 0 spiro atoms. The van der Waals surface area contributed by atoms with Crippen molar-refractivity contribution in [3.63, 3.8) is 0 Å². The Kier molecular flexibility index (Phi) is 8.12. The normalized spacial score (nSPS) is 11.6. The van der Waals surface area contributed by atoms with Gasteiger partial charge in [-0.2, -0.15) is 13.2 Å². The lowest BCUT2D eigenvalue weighted by Gasteiger charge is -2.22. The van der Waals surface area contributed by atoms with Gasteiger partial charge in [-0.25, -0.2) is 4.98 Å². The number of hydrogen-bond acceptors (Lipinski definition) is 5. The van der Waals surface area contributed by atoms with Crippen molar-refractivity contribution in [3.8, 4) is 0 Å². The van der Waals surface area contributed by atoms with Gasteiger partial charge in [0.15, 0.2) is 0 Å². The largest absolute Gasteiger partial charge is 0.416 e. The molecule has 0 saturated carbocycles. The fourth-order valence-corrected chi connectivity index (χ4v) is 4.48. The van der Waals surface area contributed by atoms with Crippen molar-refractivity contribution >= 4 is 17.2 Å². The van der Waals surface area contributed by atoms with E-state index in [9.17, 15) is 18.0 Å². The number of halogens is 3. The van der Waals surface area contributed by atoms with Gasteiger partial charge in [-0.15, -0.1) is 11.3 Å². The molecular weight excluding hydrogens is 485 g/mol. The van der Waals surface area contributed by atoms with Gasteiger partial charge in [0.25, 0.3) is 5.91 Å². The molecule has 0 aliphatic rings. The number of rotatable bonds is 9. The third-order valence-corrected chi connectivity index (χ3v) is 6.32. The smallest absolute Gasteiger partial charge is 0.345 e. The summed E-state index contributed by atoms with van der Waals surface area (Å²) in [5, 5.41) is 5.21. The highest BCUT2D eigenvalue weighted by Crippen LogP contribution is 2.30. The summed E-state index contributed by atoms with van der Waals surface area (Å²) in [7, 11) is 0. The van der Waals surface area contributed by atoms with Gasteiger partial charge in [-0.3, -0.25) is 14.7 Å². The number of carbonyl (C=O) groups is 1. The molecule has 9 heteroatoms. The van der Waals surface area contributed by atoms with E-state index >= 15 is 0 Å². The second kappa shape index (κ2) is 11.5. The standard InChI is InChI=1S/C27H25F3N4OS/c1-19-8-10-20(11-9-19)15-34(16-21-5-4-6-22(13-21)27(28,29)30)17-25-33-24(18-36-25)26(35)32-14-23-7-2-3-12-31-23/h2-13,18H,14-17H2,1H3,(H,32,35). The molecule has 0 aliphatic heterocycles. The Morgan fingerprint density at radius 3 is 2.47 bits per heavy atom. The number of thiazole rings is 1. The SMILES string of the molecule is Cc1ccc(CN(Cc2cccc(C(F)(F)F)c2)Cc2nc(C(=O)NCc3ccccn3)cs2)cc1. The van der Waals surface area contributed by atoms with E-state index < -0.39 is 11.7 Å². The molecule has 0 radical (unpaired) electrons. The first-order valence-electron chi connectivity index (χ1n) is 11.3. The van der Waals surface area contributed by atoms with E-state index in [0.717, 1.165) is 22.9 Å². The maximum atomic E-state index is 13.2. The van der Waals surface area contributed by atoms with Crippen LogP contribution in [0.5, 0.6) is 0 Å². The lowest BCUT2D eigenvalue weighted by Crippen LogP contribution is -2.24. The summed E-state index contributed by atoms with van der Waals surface area (Å²) in [4.78, 5) is 23.2. The summed E-state index contributed by atoms with van der Waals surface area (Å²) in [6.45, 7) is 3.51. The fraction of sp³-hybridized carbons (Fsp3) is 0.222. The van der Waals surface area contributed by atoms with Crippen LogP contribution in [0.2, 0.25) is 0 Å². The second-order valence-corrected chi connectivity index (χ2v) is 9.40. The van der Waals surface area contributed by atoms with Crippen LogP contribution in [0, 0.1) is 6.92 Å². The first-order valence-corrected chi connectivity index (χ1v) is 12.2. The highest BCUT2D eigenvalue weighted by molar-refractivity contribution is 7.09. The lowest BCUT2D eigenvalue weighted by molar-refractivity contribution is -0.137. The van der Waals surface area contributed by atoms with Crippen molar-refractivity contribution in [2.75, 3.05) is 0 Å². The fourth-order valence-electron chi connectivity index (χ4n) is 3.67. The number of aromatic nitrogens is 2. The van der Waals surface area contributed by atoms with Crippen molar-refractivity contribution in [2.45, 2.75) is 39.3 Å². The Bertz CT molecular complexity index is 1290. The monoisotopic (exact) mass is 510 g/mol. The Balaban J connectivity index is 1.47. The van der Waals surface area contributed by atoms with E-state index in [4.69, 9.17) is 0 Å². The number of carbonyl (C=O) groups excluding carboxylic acids is 1. The summed E-state index contributed by atoms with van der Waals surface area (Å²) >= 11 is 1.35. The van der Waals surface area contributed by atoms with Crippen molar-refractivity contribution in [3.05, 3.63) is 117 Å². The summed E-state index contributed by atoms with van der Waals surface area (Å²) in [5.41, 5.74) is 3.10. The molecule has 1 amide bonds. The van der Waals surface area contributed by atoms with Gasteiger partial charge in [0.1, 0.15) is 10.7 Å². The molecule has 4 rings (SSSR count). The van der Waals surface area contributed by atoms with E-state index in [-0.39, 0.29) is 5.91 Å². The topological polar surface area (TPSA) is 58.1 Å². The summed E-state index contributed by atoms with van der Waals surface area (Å²) in [6, 6.07) is 18.9. The number of benzene rings is 2. The van der Waals surface area contributed by atoms with Gasteiger partial charge in [0.05, 0.1) is 24.3 Å². The minimum atomic E-state index is -4.40. The highest BCUT2D eigenvalue weighted by atomic mass is 32.1. The zero-order valence-corrected chi connectivity index (χ0v) is 20.4. The number of nitrogens with zero attached hydrogens (tertiary/aromatic N) is 3. The molecule has 0 unspecified atom stereocenters. The van der Waals surface area contributed by atoms with Gasteiger partial charge < -0.3 is 5.32 Å². The van der Waals surface area contributed by atoms with E-state index in [1.165, 1.54) is 23.5 Å². The van der Waals surface area contributed by atoms with Crippen LogP contribution in [0.3, 0.4) is 0 Å². The van der Waals surface area contributed by atoms with Crippen LogP contribution in [-0.4, -0.2) is 20.8 Å². The van der Waals surface area contributed by atoms with Crippen LogP contribution >= 0.6 is 11.3 Å². The molecule has 2 aromatic heterocycles. The van der Waals surface area contributed by atoms with E-state index in [0.29, 0.717) is 42.4 Å². The van der Waals surface area contributed by atoms with Crippen molar-refractivity contribution in [1.29, 1.82) is 0 Å². The maximum absolute atomic E-state index is 13.2. The summed E-state index contributed by atoms with van der Waals surface area (Å²) < 4.78 is 39.7. The van der Waals surface area contributed by atoms with Gasteiger partial charge in [-0.05, 0) is 36.2 Å². The Morgan fingerprint density at radius 1 is 0.972 bits per heavy atom. The van der Waals surface area contributed by atoms with Crippen molar-refractivity contribution in [2.24, 2.45) is 0 Å². The van der Waals surface area contributed by atoms with Gasteiger partial charge in [-0.1, -0.05) is 54.1 Å².